The maximum absolute atomic E-state index is 12.7. The molecule has 0 spiro atoms. The third-order valence-electron chi connectivity index (χ3n) is 4.36. The number of amides is 1. The second-order valence-electron chi connectivity index (χ2n) is 8.47. The molecule has 0 aliphatic rings. The number of rotatable bonds is 5. The standard InChI is InChI=1S/C20H27N5O3S/c1-12(2)24-29(27,28)14-10-17(25(6)11-14)18(26)21-13-7-8-15-16(9-13)23-19(22-15)20(3,4)5/h7-12,24H,1-6H3,(H,21,26)(H,22,23). The Balaban J connectivity index is 1.85. The van der Waals surface area contributed by atoms with Crippen LogP contribution in [0.5, 0.6) is 0 Å². The molecule has 0 aliphatic carbocycles. The number of anilines is 1. The van der Waals surface area contributed by atoms with Crippen LogP contribution in [-0.2, 0) is 22.5 Å². The largest absolute Gasteiger partial charge is 0.345 e. The number of benzene rings is 1. The Hall–Kier alpha value is -2.65. The van der Waals surface area contributed by atoms with Gasteiger partial charge in [-0.15, -0.1) is 0 Å². The predicted octanol–water partition coefficient (Wildman–Crippen LogP) is 3.14. The Morgan fingerprint density at radius 2 is 1.90 bits per heavy atom. The quantitative estimate of drug-likeness (QED) is 0.592. The van der Waals surface area contributed by atoms with Gasteiger partial charge in [0.25, 0.3) is 5.91 Å². The highest BCUT2D eigenvalue weighted by Crippen LogP contribution is 2.24. The van der Waals surface area contributed by atoms with Gasteiger partial charge in [-0.25, -0.2) is 18.1 Å². The molecule has 2 aromatic heterocycles. The average molecular weight is 418 g/mol. The average Bonchev–Trinajstić information content (AvgIpc) is 3.16. The van der Waals surface area contributed by atoms with Crippen molar-refractivity contribution in [1.29, 1.82) is 0 Å². The first-order valence-corrected chi connectivity index (χ1v) is 10.9. The maximum Gasteiger partial charge on any atom is 0.272 e. The zero-order chi connectivity index (χ0) is 21.6. The highest BCUT2D eigenvalue weighted by Gasteiger charge is 2.22. The second kappa shape index (κ2) is 7.31. The van der Waals surface area contributed by atoms with Crippen molar-refractivity contribution in [2.75, 3.05) is 5.32 Å². The number of sulfonamides is 1. The summed E-state index contributed by atoms with van der Waals surface area (Å²) in [6, 6.07) is 6.55. The Morgan fingerprint density at radius 1 is 1.21 bits per heavy atom. The third-order valence-corrected chi connectivity index (χ3v) is 5.99. The molecule has 3 aromatic rings. The normalized spacial score (nSPS) is 12.7. The van der Waals surface area contributed by atoms with Crippen LogP contribution in [0.15, 0.2) is 35.4 Å². The number of imidazole rings is 1. The number of carbonyl (C=O) groups excluding carboxylic acids is 1. The molecule has 0 radical (unpaired) electrons. The Bertz CT molecular complexity index is 1170. The first-order valence-electron chi connectivity index (χ1n) is 9.37. The molecule has 0 fully saturated rings. The van der Waals surface area contributed by atoms with Crippen molar-refractivity contribution in [2.24, 2.45) is 7.05 Å². The second-order valence-corrected chi connectivity index (χ2v) is 10.2. The Morgan fingerprint density at radius 3 is 2.52 bits per heavy atom. The van der Waals surface area contributed by atoms with Gasteiger partial charge in [0.05, 0.1) is 11.0 Å². The van der Waals surface area contributed by atoms with E-state index in [0.717, 1.165) is 16.9 Å². The highest BCUT2D eigenvalue weighted by molar-refractivity contribution is 7.89. The van der Waals surface area contributed by atoms with Gasteiger partial charge >= 0.3 is 0 Å². The molecule has 2 heterocycles. The van der Waals surface area contributed by atoms with Crippen molar-refractivity contribution >= 4 is 32.7 Å². The van der Waals surface area contributed by atoms with Gasteiger partial charge in [0.1, 0.15) is 16.4 Å². The van der Waals surface area contributed by atoms with Gasteiger partial charge in [-0.05, 0) is 38.1 Å². The number of fused-ring (bicyclic) bond motifs is 1. The topological polar surface area (TPSA) is 109 Å². The molecule has 1 aromatic carbocycles. The summed E-state index contributed by atoms with van der Waals surface area (Å²) < 4.78 is 28.7. The number of hydrogen-bond acceptors (Lipinski definition) is 4. The van der Waals surface area contributed by atoms with Gasteiger partial charge in [0.15, 0.2) is 0 Å². The molecule has 9 heteroatoms. The van der Waals surface area contributed by atoms with Gasteiger partial charge in [0, 0.05) is 30.4 Å². The molecule has 156 valence electrons. The third kappa shape index (κ3) is 4.51. The van der Waals surface area contributed by atoms with Crippen LogP contribution >= 0.6 is 0 Å². The lowest BCUT2D eigenvalue weighted by molar-refractivity contribution is 0.101. The fourth-order valence-electron chi connectivity index (χ4n) is 2.92. The molecule has 8 nitrogen and oxygen atoms in total. The van der Waals surface area contributed by atoms with Crippen LogP contribution in [0.3, 0.4) is 0 Å². The molecule has 3 N–H and O–H groups in total. The van der Waals surface area contributed by atoms with Gasteiger partial charge < -0.3 is 14.9 Å². The zero-order valence-electron chi connectivity index (χ0n) is 17.5. The fourth-order valence-corrected chi connectivity index (χ4v) is 4.24. The maximum atomic E-state index is 12.7. The summed E-state index contributed by atoms with van der Waals surface area (Å²) in [7, 11) is -2.04. The van der Waals surface area contributed by atoms with Gasteiger partial charge in [-0.2, -0.15) is 0 Å². The highest BCUT2D eigenvalue weighted by atomic mass is 32.2. The van der Waals surface area contributed by atoms with E-state index >= 15 is 0 Å². The first kappa shape index (κ1) is 21.1. The SMILES string of the molecule is CC(C)NS(=O)(=O)c1cc(C(=O)Nc2ccc3nc(C(C)(C)C)[nH]c3c2)n(C)c1. The first-order chi connectivity index (χ1) is 13.4. The molecule has 0 aliphatic heterocycles. The van der Waals surface area contributed by atoms with Crippen LogP contribution in [-0.4, -0.2) is 34.9 Å². The summed E-state index contributed by atoms with van der Waals surface area (Å²) in [6.07, 6.45) is 1.42. The Kier molecular flexibility index (Phi) is 5.31. The van der Waals surface area contributed by atoms with Crippen molar-refractivity contribution in [3.63, 3.8) is 0 Å². The lowest BCUT2D eigenvalue weighted by Gasteiger charge is -2.13. The van der Waals surface area contributed by atoms with Gasteiger partial charge in [0.2, 0.25) is 10.0 Å². The number of nitrogens with one attached hydrogen (secondary N) is 3. The molecule has 0 saturated carbocycles. The monoisotopic (exact) mass is 417 g/mol. The van der Waals surface area contributed by atoms with E-state index in [0.29, 0.717) is 5.69 Å². The molecule has 0 bridgehead atoms. The minimum absolute atomic E-state index is 0.0534. The smallest absolute Gasteiger partial charge is 0.272 e. The van der Waals surface area contributed by atoms with E-state index in [9.17, 15) is 13.2 Å². The zero-order valence-corrected chi connectivity index (χ0v) is 18.3. The van der Waals surface area contributed by atoms with Crippen molar-refractivity contribution in [3.05, 3.63) is 42.0 Å². The summed E-state index contributed by atoms with van der Waals surface area (Å²) in [5, 5.41) is 2.82. The summed E-state index contributed by atoms with van der Waals surface area (Å²) in [4.78, 5) is 20.7. The molecule has 0 atom stereocenters. The summed E-state index contributed by atoms with van der Waals surface area (Å²) in [6.45, 7) is 9.70. The minimum atomic E-state index is -3.67. The van der Waals surface area contributed by atoms with E-state index in [-0.39, 0.29) is 22.0 Å². The van der Waals surface area contributed by atoms with Crippen LogP contribution in [0.2, 0.25) is 0 Å². The Labute approximate surface area is 170 Å². The van der Waals surface area contributed by atoms with Crippen LogP contribution in [0, 0.1) is 0 Å². The number of carbonyl (C=O) groups is 1. The van der Waals surface area contributed by atoms with E-state index in [1.807, 2.05) is 12.1 Å². The van der Waals surface area contributed by atoms with E-state index in [4.69, 9.17) is 0 Å². The van der Waals surface area contributed by atoms with Crippen LogP contribution in [0.1, 0.15) is 50.9 Å². The number of aromatic nitrogens is 3. The molecule has 29 heavy (non-hydrogen) atoms. The van der Waals surface area contributed by atoms with Crippen molar-refractivity contribution in [3.8, 4) is 0 Å². The summed E-state index contributed by atoms with van der Waals surface area (Å²) >= 11 is 0. The lowest BCUT2D eigenvalue weighted by Crippen LogP contribution is -2.29. The molecular weight excluding hydrogens is 390 g/mol. The fraction of sp³-hybridized carbons (Fsp3) is 0.400. The number of aromatic amines is 1. The van der Waals surface area contributed by atoms with Crippen molar-refractivity contribution in [2.45, 2.75) is 51.0 Å². The van der Waals surface area contributed by atoms with Crippen molar-refractivity contribution in [1.82, 2.24) is 19.3 Å². The minimum Gasteiger partial charge on any atom is -0.345 e. The van der Waals surface area contributed by atoms with Crippen LogP contribution in [0.4, 0.5) is 5.69 Å². The molecule has 3 rings (SSSR count). The van der Waals surface area contributed by atoms with E-state index in [1.165, 1.54) is 16.8 Å². The summed E-state index contributed by atoms with van der Waals surface area (Å²) in [5.41, 5.74) is 2.37. The number of H-pyrrole nitrogens is 1. The molecule has 0 saturated heterocycles. The van der Waals surface area contributed by atoms with E-state index in [1.54, 1.807) is 27.0 Å². The lowest BCUT2D eigenvalue weighted by atomic mass is 9.96. The van der Waals surface area contributed by atoms with E-state index in [2.05, 4.69) is 40.8 Å². The van der Waals surface area contributed by atoms with Crippen molar-refractivity contribution < 1.29 is 13.2 Å². The number of nitrogens with zero attached hydrogens (tertiary/aromatic N) is 2. The predicted molar refractivity (Wildman–Crippen MR) is 114 cm³/mol. The molecule has 0 unspecified atom stereocenters. The molecule has 1 amide bonds. The van der Waals surface area contributed by atoms with Crippen LogP contribution < -0.4 is 10.0 Å². The van der Waals surface area contributed by atoms with E-state index < -0.39 is 15.9 Å². The van der Waals surface area contributed by atoms with Crippen LogP contribution in [0.25, 0.3) is 11.0 Å². The number of hydrogen-bond donors (Lipinski definition) is 3. The summed E-state index contributed by atoms with van der Waals surface area (Å²) in [5.74, 6) is 0.472. The van der Waals surface area contributed by atoms with Gasteiger partial charge in [-0.1, -0.05) is 20.8 Å². The number of aryl methyl sites for hydroxylation is 1. The van der Waals surface area contributed by atoms with Gasteiger partial charge in [-0.3, -0.25) is 4.79 Å². The molecular formula is C20H27N5O3S.